The summed E-state index contributed by atoms with van der Waals surface area (Å²) in [5.41, 5.74) is 0.922. The lowest BCUT2D eigenvalue weighted by Crippen LogP contribution is -2.33. The third kappa shape index (κ3) is 5.36. The molecule has 2 aromatic rings. The van der Waals surface area contributed by atoms with Crippen molar-refractivity contribution in [3.05, 3.63) is 47.6 Å². The van der Waals surface area contributed by atoms with Crippen LogP contribution in [0.4, 0.5) is 0 Å². The molecule has 1 saturated heterocycles. The van der Waals surface area contributed by atoms with E-state index in [-0.39, 0.29) is 18.1 Å². The molecule has 0 amide bonds. The van der Waals surface area contributed by atoms with Crippen LogP contribution < -0.4 is 0 Å². The summed E-state index contributed by atoms with van der Waals surface area (Å²) in [5.74, 6) is 1.41. The van der Waals surface area contributed by atoms with Gasteiger partial charge in [0, 0.05) is 12.5 Å². The molecule has 1 N–H and O–H groups in total. The molecule has 1 aliphatic heterocycles. The number of ether oxygens (including phenoxy) is 2. The highest BCUT2D eigenvalue weighted by Crippen LogP contribution is 2.34. The Labute approximate surface area is 148 Å². The van der Waals surface area contributed by atoms with Crippen LogP contribution >= 0.6 is 0 Å². The summed E-state index contributed by atoms with van der Waals surface area (Å²) in [6.07, 6.45) is 1.40. The lowest BCUT2D eigenvalue weighted by molar-refractivity contribution is -0.0604. The van der Waals surface area contributed by atoms with Crippen molar-refractivity contribution in [3.8, 4) is 0 Å². The van der Waals surface area contributed by atoms with Gasteiger partial charge in [0.15, 0.2) is 5.82 Å². The molecule has 25 heavy (non-hydrogen) atoms. The molecule has 136 valence electrons. The van der Waals surface area contributed by atoms with E-state index in [1.54, 1.807) is 0 Å². The fourth-order valence-electron chi connectivity index (χ4n) is 3.12. The number of aliphatic hydroxyl groups excluding tert-OH is 1. The second-order valence-corrected chi connectivity index (χ2v) is 7.20. The van der Waals surface area contributed by atoms with Crippen LogP contribution in [0.5, 0.6) is 0 Å². The number of aromatic nitrogens is 2. The lowest BCUT2D eigenvalue weighted by Gasteiger charge is -2.34. The van der Waals surface area contributed by atoms with Gasteiger partial charge in [-0.3, -0.25) is 0 Å². The predicted octanol–water partition coefficient (Wildman–Crippen LogP) is 2.86. The van der Waals surface area contributed by atoms with Crippen molar-refractivity contribution in [2.75, 3.05) is 13.2 Å². The summed E-state index contributed by atoms with van der Waals surface area (Å²) in [6.45, 7) is 5.57. The van der Waals surface area contributed by atoms with Crippen LogP contribution in [0.1, 0.15) is 49.9 Å². The Morgan fingerprint density at radius 1 is 1.32 bits per heavy atom. The number of benzene rings is 1. The molecule has 1 aromatic heterocycles. The van der Waals surface area contributed by atoms with Gasteiger partial charge < -0.3 is 19.1 Å². The average Bonchev–Trinajstić information content (AvgIpc) is 3.03. The zero-order valence-corrected chi connectivity index (χ0v) is 14.9. The number of rotatable bonds is 7. The largest absolute Gasteiger partial charge is 0.390 e. The molecule has 6 nitrogen and oxygen atoms in total. The monoisotopic (exact) mass is 346 g/mol. The maximum absolute atomic E-state index is 10.1. The number of nitrogens with zero attached hydrogens (tertiary/aromatic N) is 2. The minimum absolute atomic E-state index is 0.158. The molecule has 0 aliphatic carbocycles. The molecular weight excluding hydrogens is 320 g/mol. The summed E-state index contributed by atoms with van der Waals surface area (Å²) in [5, 5.41) is 14.2. The highest BCUT2D eigenvalue weighted by Gasteiger charge is 2.32. The fourth-order valence-corrected chi connectivity index (χ4v) is 3.12. The second-order valence-electron chi connectivity index (χ2n) is 7.20. The van der Waals surface area contributed by atoms with Gasteiger partial charge in [-0.2, -0.15) is 4.98 Å². The Bertz CT molecular complexity index is 656. The molecular formula is C19H26N2O4. The number of aliphatic hydroxyl groups is 1. The van der Waals surface area contributed by atoms with E-state index in [1.807, 2.05) is 30.3 Å². The fraction of sp³-hybridized carbons (Fsp3) is 0.579. The van der Waals surface area contributed by atoms with Gasteiger partial charge in [-0.05, 0) is 32.3 Å². The molecule has 0 bridgehead atoms. The van der Waals surface area contributed by atoms with E-state index in [0.29, 0.717) is 31.3 Å². The summed E-state index contributed by atoms with van der Waals surface area (Å²) >= 11 is 0. The van der Waals surface area contributed by atoms with Gasteiger partial charge in [-0.15, -0.1) is 0 Å². The van der Waals surface area contributed by atoms with Crippen LogP contribution in [-0.2, 0) is 22.5 Å². The molecule has 0 saturated carbocycles. The zero-order valence-electron chi connectivity index (χ0n) is 14.9. The topological polar surface area (TPSA) is 77.6 Å². The predicted molar refractivity (Wildman–Crippen MR) is 92.1 cm³/mol. The summed E-state index contributed by atoms with van der Waals surface area (Å²) in [4.78, 5) is 4.46. The first-order chi connectivity index (χ1) is 12.0. The molecule has 2 atom stereocenters. The van der Waals surface area contributed by atoms with Crippen molar-refractivity contribution in [1.82, 2.24) is 10.1 Å². The average molecular weight is 346 g/mol. The van der Waals surface area contributed by atoms with Gasteiger partial charge in [0.1, 0.15) is 0 Å². The van der Waals surface area contributed by atoms with Crippen LogP contribution in [0.2, 0.25) is 0 Å². The quantitative estimate of drug-likeness (QED) is 0.831. The maximum atomic E-state index is 10.1. The lowest BCUT2D eigenvalue weighted by atomic mass is 9.88. The second kappa shape index (κ2) is 8.08. The van der Waals surface area contributed by atoms with E-state index < -0.39 is 6.10 Å². The Morgan fingerprint density at radius 3 is 2.88 bits per heavy atom. The minimum Gasteiger partial charge on any atom is -0.390 e. The first-order valence-corrected chi connectivity index (χ1v) is 8.78. The van der Waals surface area contributed by atoms with Gasteiger partial charge in [0.2, 0.25) is 5.89 Å². The summed E-state index contributed by atoms with van der Waals surface area (Å²) in [6, 6.07) is 9.88. The zero-order chi connectivity index (χ0) is 17.7. The van der Waals surface area contributed by atoms with E-state index in [2.05, 4.69) is 24.0 Å². The van der Waals surface area contributed by atoms with E-state index >= 15 is 0 Å². The van der Waals surface area contributed by atoms with Crippen molar-refractivity contribution in [2.45, 2.75) is 57.3 Å². The Morgan fingerprint density at radius 2 is 2.12 bits per heavy atom. The van der Waals surface area contributed by atoms with Crippen LogP contribution in [0.3, 0.4) is 0 Å². The van der Waals surface area contributed by atoms with Gasteiger partial charge >= 0.3 is 0 Å². The Kier molecular flexibility index (Phi) is 5.83. The van der Waals surface area contributed by atoms with Crippen molar-refractivity contribution in [3.63, 3.8) is 0 Å². The highest BCUT2D eigenvalue weighted by atomic mass is 16.5. The molecule has 2 heterocycles. The van der Waals surface area contributed by atoms with Gasteiger partial charge in [-0.25, -0.2) is 0 Å². The first kappa shape index (κ1) is 18.0. The van der Waals surface area contributed by atoms with Crippen molar-refractivity contribution < 1.29 is 19.1 Å². The van der Waals surface area contributed by atoms with E-state index in [9.17, 15) is 5.11 Å². The normalized spacial score (nSPS) is 21.2. The molecule has 0 radical (unpaired) electrons. The molecule has 2 unspecified atom stereocenters. The smallest absolute Gasteiger partial charge is 0.229 e. The summed E-state index contributed by atoms with van der Waals surface area (Å²) < 4.78 is 16.6. The van der Waals surface area contributed by atoms with Gasteiger partial charge in [-0.1, -0.05) is 35.5 Å². The molecule has 0 spiro atoms. The molecule has 3 rings (SSSR count). The van der Waals surface area contributed by atoms with Crippen LogP contribution in [0.25, 0.3) is 0 Å². The standard InChI is InChI=1S/C19H26N2O4/c1-19(2)11-15(8-9-24-19)18-20-17(25-21-18)10-16(22)13-23-12-14-6-4-3-5-7-14/h3-7,15-16,22H,8-13H2,1-2H3. The van der Waals surface area contributed by atoms with Crippen LogP contribution in [-0.4, -0.2) is 40.2 Å². The van der Waals surface area contributed by atoms with Crippen molar-refractivity contribution in [1.29, 1.82) is 0 Å². The maximum Gasteiger partial charge on any atom is 0.229 e. The van der Waals surface area contributed by atoms with E-state index in [0.717, 1.165) is 18.4 Å². The Balaban J connectivity index is 1.46. The van der Waals surface area contributed by atoms with E-state index in [1.165, 1.54) is 0 Å². The molecule has 1 aromatic carbocycles. The van der Waals surface area contributed by atoms with Gasteiger partial charge in [0.25, 0.3) is 0 Å². The van der Waals surface area contributed by atoms with E-state index in [4.69, 9.17) is 14.0 Å². The molecule has 1 fully saturated rings. The minimum atomic E-state index is -0.664. The number of hydrogen-bond donors (Lipinski definition) is 1. The Hall–Kier alpha value is -1.76. The van der Waals surface area contributed by atoms with Crippen molar-refractivity contribution in [2.24, 2.45) is 0 Å². The SMILES string of the molecule is CC1(C)CC(c2noc(CC(O)COCc3ccccc3)n2)CCO1. The number of hydrogen-bond acceptors (Lipinski definition) is 6. The first-order valence-electron chi connectivity index (χ1n) is 8.78. The van der Waals surface area contributed by atoms with Crippen LogP contribution in [0, 0.1) is 0 Å². The highest BCUT2D eigenvalue weighted by molar-refractivity contribution is 5.13. The molecule has 6 heteroatoms. The third-order valence-corrected chi connectivity index (χ3v) is 4.38. The van der Waals surface area contributed by atoms with Crippen molar-refractivity contribution >= 4 is 0 Å². The summed E-state index contributed by atoms with van der Waals surface area (Å²) in [7, 11) is 0. The van der Waals surface area contributed by atoms with Crippen LogP contribution in [0.15, 0.2) is 34.9 Å². The third-order valence-electron chi connectivity index (χ3n) is 4.38. The molecule has 1 aliphatic rings. The van der Waals surface area contributed by atoms with Gasteiger partial charge in [0.05, 0.1) is 31.3 Å².